The average Bonchev–Trinajstić information content (AvgIpc) is 2.50. The molecule has 0 saturated heterocycles. The zero-order valence-corrected chi connectivity index (χ0v) is 12.6. The van der Waals surface area contributed by atoms with E-state index in [2.05, 4.69) is 26.3 Å². The van der Waals surface area contributed by atoms with Crippen LogP contribution in [0.4, 0.5) is 4.39 Å². The minimum atomic E-state index is -0.426. The van der Waals surface area contributed by atoms with E-state index in [-0.39, 0.29) is 5.82 Å². The molecule has 1 unspecified atom stereocenters. The Morgan fingerprint density at radius 1 is 1.14 bits per heavy atom. The Labute approximate surface area is 130 Å². The molecule has 0 amide bonds. The molecule has 0 radical (unpaired) electrons. The van der Waals surface area contributed by atoms with Gasteiger partial charge in [0.1, 0.15) is 5.82 Å². The maximum absolute atomic E-state index is 14.1. The molecule has 1 atom stereocenters. The highest BCUT2D eigenvalue weighted by Gasteiger charge is 2.17. The van der Waals surface area contributed by atoms with Crippen molar-refractivity contribution in [1.82, 2.24) is 10.4 Å². The Hall–Kier alpha value is -1.82. The van der Waals surface area contributed by atoms with Crippen LogP contribution in [0.2, 0.25) is 0 Å². The Morgan fingerprint density at radius 2 is 2.00 bits per heavy atom. The topological polar surface area (TPSA) is 50.9 Å². The Balaban J connectivity index is 2.09. The van der Waals surface area contributed by atoms with Gasteiger partial charge in [-0.15, -0.1) is 0 Å². The van der Waals surface area contributed by atoms with Crippen molar-refractivity contribution >= 4 is 26.8 Å². The monoisotopic (exact) mass is 345 g/mol. The van der Waals surface area contributed by atoms with Crippen LogP contribution in [-0.2, 0) is 0 Å². The number of nitrogens with zero attached hydrogens (tertiary/aromatic N) is 1. The van der Waals surface area contributed by atoms with Crippen molar-refractivity contribution < 1.29 is 4.39 Å². The molecule has 0 bridgehead atoms. The number of nitrogens with one attached hydrogen (secondary N) is 1. The van der Waals surface area contributed by atoms with Crippen molar-refractivity contribution in [2.75, 3.05) is 0 Å². The van der Waals surface area contributed by atoms with Crippen molar-refractivity contribution in [2.45, 2.75) is 6.04 Å². The van der Waals surface area contributed by atoms with E-state index in [4.69, 9.17) is 5.84 Å². The van der Waals surface area contributed by atoms with Gasteiger partial charge in [-0.25, -0.2) is 9.82 Å². The summed E-state index contributed by atoms with van der Waals surface area (Å²) in [5, 5.41) is 1.04. The van der Waals surface area contributed by atoms with E-state index in [1.165, 1.54) is 6.07 Å². The second-order valence-electron chi connectivity index (χ2n) is 4.72. The summed E-state index contributed by atoms with van der Waals surface area (Å²) >= 11 is 3.25. The summed E-state index contributed by atoms with van der Waals surface area (Å²) < 4.78 is 14.8. The van der Waals surface area contributed by atoms with Crippen molar-refractivity contribution in [1.29, 1.82) is 0 Å². The Morgan fingerprint density at radius 3 is 2.76 bits per heavy atom. The third-order valence-electron chi connectivity index (χ3n) is 3.40. The SMILES string of the molecule is NNC(c1ccc2cccnc2c1)c1ccc(Br)cc1F. The Kier molecular flexibility index (Phi) is 3.96. The summed E-state index contributed by atoms with van der Waals surface area (Å²) in [5.74, 6) is 5.33. The van der Waals surface area contributed by atoms with Gasteiger partial charge in [-0.05, 0) is 29.8 Å². The maximum Gasteiger partial charge on any atom is 0.129 e. The number of nitrogens with two attached hydrogens (primary N) is 1. The molecule has 1 aromatic heterocycles. The van der Waals surface area contributed by atoms with Gasteiger partial charge in [0.05, 0.1) is 11.6 Å². The standard InChI is InChI=1S/C16H13BrFN3/c17-12-5-6-13(14(18)9-12)16(21-19)11-4-3-10-2-1-7-20-15(10)8-11/h1-9,16,21H,19H2. The van der Waals surface area contributed by atoms with Crippen LogP contribution >= 0.6 is 15.9 Å². The molecule has 0 aliphatic carbocycles. The van der Waals surface area contributed by atoms with Crippen LogP contribution in [0.15, 0.2) is 59.2 Å². The molecule has 5 heteroatoms. The maximum atomic E-state index is 14.1. The van der Waals surface area contributed by atoms with Crippen LogP contribution < -0.4 is 11.3 Å². The van der Waals surface area contributed by atoms with E-state index >= 15 is 0 Å². The average molecular weight is 346 g/mol. The number of hydrogen-bond donors (Lipinski definition) is 2. The van der Waals surface area contributed by atoms with Crippen LogP contribution in [-0.4, -0.2) is 4.98 Å². The lowest BCUT2D eigenvalue weighted by Gasteiger charge is -2.18. The summed E-state index contributed by atoms with van der Waals surface area (Å²) in [5.41, 5.74) is 4.89. The van der Waals surface area contributed by atoms with Gasteiger partial charge >= 0.3 is 0 Å². The lowest BCUT2D eigenvalue weighted by atomic mass is 9.97. The second kappa shape index (κ2) is 5.89. The molecule has 0 aliphatic heterocycles. The first kappa shape index (κ1) is 14.1. The summed E-state index contributed by atoms with van der Waals surface area (Å²) in [6.45, 7) is 0. The van der Waals surface area contributed by atoms with Gasteiger partial charge in [-0.2, -0.15) is 0 Å². The van der Waals surface area contributed by atoms with Gasteiger partial charge in [0.15, 0.2) is 0 Å². The summed E-state index contributed by atoms with van der Waals surface area (Å²) in [4.78, 5) is 4.32. The number of hydrazine groups is 1. The van der Waals surface area contributed by atoms with E-state index in [1.807, 2.05) is 30.3 Å². The fourth-order valence-electron chi connectivity index (χ4n) is 2.36. The number of hydrogen-bond acceptors (Lipinski definition) is 3. The smallest absolute Gasteiger partial charge is 0.129 e. The molecule has 1 heterocycles. The van der Waals surface area contributed by atoms with E-state index in [1.54, 1.807) is 18.3 Å². The number of benzene rings is 2. The predicted octanol–water partition coefficient (Wildman–Crippen LogP) is 3.69. The molecule has 3 aromatic rings. The Bertz CT molecular complexity index is 791. The van der Waals surface area contributed by atoms with Crippen LogP contribution in [0.3, 0.4) is 0 Å². The molecule has 2 aromatic carbocycles. The lowest BCUT2D eigenvalue weighted by Crippen LogP contribution is -2.29. The highest BCUT2D eigenvalue weighted by atomic mass is 79.9. The second-order valence-corrected chi connectivity index (χ2v) is 5.64. The molecule has 21 heavy (non-hydrogen) atoms. The number of fused-ring (bicyclic) bond motifs is 1. The number of rotatable bonds is 3. The number of pyridine rings is 1. The van der Waals surface area contributed by atoms with Crippen LogP contribution in [0.25, 0.3) is 10.9 Å². The largest absolute Gasteiger partial charge is 0.271 e. The number of halogens is 2. The summed E-state index contributed by atoms with van der Waals surface area (Å²) in [6.07, 6.45) is 1.73. The fourth-order valence-corrected chi connectivity index (χ4v) is 2.70. The minimum Gasteiger partial charge on any atom is -0.271 e. The van der Waals surface area contributed by atoms with Crippen LogP contribution in [0, 0.1) is 5.82 Å². The molecule has 3 N–H and O–H groups in total. The quantitative estimate of drug-likeness (QED) is 0.562. The first-order chi connectivity index (χ1) is 10.2. The minimum absolute atomic E-state index is 0.312. The zero-order valence-electron chi connectivity index (χ0n) is 11.1. The summed E-state index contributed by atoms with van der Waals surface area (Å²) in [6, 6.07) is 14.2. The molecule has 0 aliphatic rings. The molecule has 0 spiro atoms. The fraction of sp³-hybridized carbons (Fsp3) is 0.0625. The van der Waals surface area contributed by atoms with Crippen LogP contribution in [0.5, 0.6) is 0 Å². The predicted molar refractivity (Wildman–Crippen MR) is 85.0 cm³/mol. The van der Waals surface area contributed by atoms with Gasteiger partial charge in [0, 0.05) is 21.6 Å². The highest BCUT2D eigenvalue weighted by molar-refractivity contribution is 9.10. The van der Waals surface area contributed by atoms with Gasteiger partial charge in [-0.3, -0.25) is 10.8 Å². The molecule has 3 nitrogen and oxygen atoms in total. The van der Waals surface area contributed by atoms with Crippen molar-refractivity contribution in [2.24, 2.45) is 5.84 Å². The van der Waals surface area contributed by atoms with E-state index in [9.17, 15) is 4.39 Å². The van der Waals surface area contributed by atoms with Crippen LogP contribution in [0.1, 0.15) is 17.2 Å². The van der Waals surface area contributed by atoms with E-state index < -0.39 is 6.04 Å². The zero-order chi connectivity index (χ0) is 14.8. The van der Waals surface area contributed by atoms with Gasteiger partial charge in [-0.1, -0.05) is 40.2 Å². The molecule has 106 valence electrons. The normalized spacial score (nSPS) is 12.5. The number of aromatic nitrogens is 1. The first-order valence-corrected chi connectivity index (χ1v) is 7.24. The summed E-state index contributed by atoms with van der Waals surface area (Å²) in [7, 11) is 0. The molecular formula is C16H13BrFN3. The molecule has 0 saturated carbocycles. The molecule has 3 rings (SSSR count). The lowest BCUT2D eigenvalue weighted by molar-refractivity contribution is 0.560. The van der Waals surface area contributed by atoms with Gasteiger partial charge in [0.2, 0.25) is 0 Å². The third-order valence-corrected chi connectivity index (χ3v) is 3.90. The third kappa shape index (κ3) is 2.81. The molecule has 0 fully saturated rings. The van der Waals surface area contributed by atoms with Gasteiger partial charge < -0.3 is 0 Å². The van der Waals surface area contributed by atoms with E-state index in [0.29, 0.717) is 10.0 Å². The van der Waals surface area contributed by atoms with E-state index in [0.717, 1.165) is 16.5 Å². The van der Waals surface area contributed by atoms with Crippen molar-refractivity contribution in [3.05, 3.63) is 76.1 Å². The highest BCUT2D eigenvalue weighted by Crippen LogP contribution is 2.27. The van der Waals surface area contributed by atoms with Crippen molar-refractivity contribution in [3.63, 3.8) is 0 Å². The van der Waals surface area contributed by atoms with Gasteiger partial charge in [0.25, 0.3) is 0 Å². The first-order valence-electron chi connectivity index (χ1n) is 6.45. The van der Waals surface area contributed by atoms with Crippen molar-refractivity contribution in [3.8, 4) is 0 Å². The molecular weight excluding hydrogens is 333 g/mol.